The number of oxime groups is 1. The van der Waals surface area contributed by atoms with Gasteiger partial charge in [0.2, 0.25) is 0 Å². The molecule has 0 unspecified atom stereocenters. The number of hydrogen-bond acceptors (Lipinski definition) is 4. The van der Waals surface area contributed by atoms with Crippen LogP contribution in [0.15, 0.2) is 17.5 Å². The Labute approximate surface area is 108 Å². The van der Waals surface area contributed by atoms with Gasteiger partial charge in [-0.2, -0.15) is 5.10 Å². The quantitative estimate of drug-likeness (QED) is 0.329. The van der Waals surface area contributed by atoms with E-state index in [1.165, 1.54) is 5.56 Å². The molecule has 1 aromatic rings. The molecule has 0 saturated heterocycles. The van der Waals surface area contributed by atoms with Crippen molar-refractivity contribution in [3.8, 4) is 0 Å². The lowest BCUT2D eigenvalue weighted by Crippen LogP contribution is -2.31. The van der Waals surface area contributed by atoms with Gasteiger partial charge in [-0.1, -0.05) is 19.0 Å². The smallest absolute Gasteiger partial charge is 0.140 e. The maximum absolute atomic E-state index is 8.55. The van der Waals surface area contributed by atoms with E-state index < -0.39 is 0 Å². The number of aromatic nitrogens is 2. The molecule has 0 fully saturated rings. The first-order valence-corrected chi connectivity index (χ1v) is 6.17. The number of nitrogens with zero attached hydrogens (tertiary/aromatic N) is 4. The minimum Gasteiger partial charge on any atom is -0.409 e. The highest BCUT2D eigenvalue weighted by Gasteiger charge is 2.10. The second-order valence-corrected chi connectivity index (χ2v) is 4.99. The van der Waals surface area contributed by atoms with Crippen LogP contribution in [0.2, 0.25) is 0 Å². The summed E-state index contributed by atoms with van der Waals surface area (Å²) in [6.07, 6.45) is 4.46. The van der Waals surface area contributed by atoms with Gasteiger partial charge in [0.05, 0.1) is 6.20 Å². The summed E-state index contributed by atoms with van der Waals surface area (Å²) < 4.78 is 1.80. The SMILES string of the molecule is CC(C)CN(CC/C(N)=N/O)Cc1cnn(C)c1. The van der Waals surface area contributed by atoms with Crippen LogP contribution in [0.25, 0.3) is 0 Å². The molecule has 3 N–H and O–H groups in total. The fourth-order valence-electron chi connectivity index (χ4n) is 1.89. The Balaban J connectivity index is 2.55. The van der Waals surface area contributed by atoms with E-state index in [-0.39, 0.29) is 5.84 Å². The molecule has 6 nitrogen and oxygen atoms in total. The fraction of sp³-hybridized carbons (Fsp3) is 0.667. The standard InChI is InChI=1S/C12H23N5O/c1-10(2)7-17(5-4-12(13)15-18)9-11-6-14-16(3)8-11/h6,8,10,18H,4-5,7,9H2,1-3H3,(H2,13,15). The predicted octanol–water partition coefficient (Wildman–Crippen LogP) is 1.01. The van der Waals surface area contributed by atoms with Gasteiger partial charge in [-0.3, -0.25) is 9.58 Å². The summed E-state index contributed by atoms with van der Waals surface area (Å²) in [5.41, 5.74) is 6.68. The van der Waals surface area contributed by atoms with E-state index in [1.807, 2.05) is 19.4 Å². The molecule has 0 atom stereocenters. The number of nitrogens with two attached hydrogens (primary N) is 1. The van der Waals surface area contributed by atoms with Gasteiger partial charge in [0.1, 0.15) is 5.84 Å². The van der Waals surface area contributed by atoms with Crippen molar-refractivity contribution < 1.29 is 5.21 Å². The normalized spacial score (nSPS) is 12.6. The summed E-state index contributed by atoms with van der Waals surface area (Å²) in [4.78, 5) is 2.29. The predicted molar refractivity (Wildman–Crippen MR) is 71.3 cm³/mol. The van der Waals surface area contributed by atoms with Crippen LogP contribution in [-0.2, 0) is 13.6 Å². The third-order valence-corrected chi connectivity index (χ3v) is 2.60. The van der Waals surface area contributed by atoms with Gasteiger partial charge < -0.3 is 10.9 Å². The first-order valence-electron chi connectivity index (χ1n) is 6.17. The summed E-state index contributed by atoms with van der Waals surface area (Å²) in [7, 11) is 1.91. The van der Waals surface area contributed by atoms with E-state index in [4.69, 9.17) is 10.9 Å². The van der Waals surface area contributed by atoms with E-state index in [1.54, 1.807) is 4.68 Å². The minimum atomic E-state index is 0.273. The Morgan fingerprint density at radius 1 is 1.61 bits per heavy atom. The Bertz CT molecular complexity index is 386. The van der Waals surface area contributed by atoms with Crippen LogP contribution in [-0.4, -0.2) is 38.8 Å². The van der Waals surface area contributed by atoms with Crippen molar-refractivity contribution in [2.24, 2.45) is 23.9 Å². The van der Waals surface area contributed by atoms with Crippen molar-refractivity contribution in [3.05, 3.63) is 18.0 Å². The molecule has 1 aromatic heterocycles. The van der Waals surface area contributed by atoms with Crippen molar-refractivity contribution >= 4 is 5.84 Å². The average Bonchev–Trinajstić information content (AvgIpc) is 2.70. The van der Waals surface area contributed by atoms with E-state index >= 15 is 0 Å². The van der Waals surface area contributed by atoms with Crippen LogP contribution in [0.1, 0.15) is 25.8 Å². The van der Waals surface area contributed by atoms with Crippen LogP contribution in [0.5, 0.6) is 0 Å². The maximum atomic E-state index is 8.55. The fourth-order valence-corrected chi connectivity index (χ4v) is 1.89. The highest BCUT2D eigenvalue weighted by molar-refractivity contribution is 5.79. The molecule has 1 rings (SSSR count). The van der Waals surface area contributed by atoms with Crippen LogP contribution in [0, 0.1) is 5.92 Å². The van der Waals surface area contributed by atoms with E-state index in [0.29, 0.717) is 12.3 Å². The van der Waals surface area contributed by atoms with Gasteiger partial charge in [0.25, 0.3) is 0 Å². The lowest BCUT2D eigenvalue weighted by atomic mass is 10.2. The minimum absolute atomic E-state index is 0.273. The zero-order chi connectivity index (χ0) is 13.5. The third-order valence-electron chi connectivity index (χ3n) is 2.60. The summed E-state index contributed by atoms with van der Waals surface area (Å²) in [5.74, 6) is 0.851. The van der Waals surface area contributed by atoms with Crippen LogP contribution in [0.3, 0.4) is 0 Å². The highest BCUT2D eigenvalue weighted by Crippen LogP contribution is 2.07. The molecule has 6 heteroatoms. The van der Waals surface area contributed by atoms with Crippen molar-refractivity contribution in [1.29, 1.82) is 0 Å². The van der Waals surface area contributed by atoms with Gasteiger partial charge in [-0.05, 0) is 5.92 Å². The van der Waals surface area contributed by atoms with E-state index in [0.717, 1.165) is 19.6 Å². The maximum Gasteiger partial charge on any atom is 0.140 e. The molecule has 102 valence electrons. The molecule has 0 aliphatic carbocycles. The van der Waals surface area contributed by atoms with Crippen LogP contribution < -0.4 is 5.73 Å². The Morgan fingerprint density at radius 2 is 2.33 bits per heavy atom. The van der Waals surface area contributed by atoms with Gasteiger partial charge in [0, 0.05) is 44.9 Å². The molecule has 0 saturated carbocycles. The molecule has 0 aliphatic rings. The highest BCUT2D eigenvalue weighted by atomic mass is 16.4. The second-order valence-electron chi connectivity index (χ2n) is 4.99. The Hall–Kier alpha value is -1.56. The van der Waals surface area contributed by atoms with Crippen LogP contribution in [0.4, 0.5) is 0 Å². The molecule has 0 spiro atoms. The molecule has 0 amide bonds. The topological polar surface area (TPSA) is 79.7 Å². The third kappa shape index (κ3) is 5.18. The second kappa shape index (κ2) is 7.00. The molecule has 0 radical (unpaired) electrons. The average molecular weight is 253 g/mol. The molecule has 0 aliphatic heterocycles. The van der Waals surface area contributed by atoms with Gasteiger partial charge in [-0.25, -0.2) is 0 Å². The summed E-state index contributed by atoms with van der Waals surface area (Å²) in [6, 6.07) is 0. The molecular weight excluding hydrogens is 230 g/mol. The van der Waals surface area contributed by atoms with Gasteiger partial charge in [0.15, 0.2) is 0 Å². The zero-order valence-electron chi connectivity index (χ0n) is 11.4. The van der Waals surface area contributed by atoms with Gasteiger partial charge >= 0.3 is 0 Å². The van der Waals surface area contributed by atoms with Crippen LogP contribution >= 0.6 is 0 Å². The number of aryl methyl sites for hydroxylation is 1. The zero-order valence-corrected chi connectivity index (χ0v) is 11.4. The van der Waals surface area contributed by atoms with Crippen molar-refractivity contribution in [1.82, 2.24) is 14.7 Å². The molecular formula is C12H23N5O. The monoisotopic (exact) mass is 253 g/mol. The molecule has 0 bridgehead atoms. The summed E-state index contributed by atoms with van der Waals surface area (Å²) in [6.45, 7) is 6.96. The molecule has 0 aromatic carbocycles. The number of rotatable bonds is 7. The Morgan fingerprint density at radius 3 is 2.83 bits per heavy atom. The number of hydrogen-bond donors (Lipinski definition) is 2. The Kier molecular flexibility index (Phi) is 5.64. The van der Waals surface area contributed by atoms with Crippen molar-refractivity contribution in [2.45, 2.75) is 26.8 Å². The first kappa shape index (κ1) is 14.5. The molecule has 18 heavy (non-hydrogen) atoms. The molecule has 1 heterocycles. The van der Waals surface area contributed by atoms with Gasteiger partial charge in [-0.15, -0.1) is 0 Å². The van der Waals surface area contributed by atoms with E-state index in [9.17, 15) is 0 Å². The van der Waals surface area contributed by atoms with Crippen molar-refractivity contribution in [3.63, 3.8) is 0 Å². The lowest BCUT2D eigenvalue weighted by Gasteiger charge is -2.23. The lowest BCUT2D eigenvalue weighted by molar-refractivity contribution is 0.240. The first-order chi connectivity index (χ1) is 8.51. The summed E-state index contributed by atoms with van der Waals surface area (Å²) >= 11 is 0. The summed E-state index contributed by atoms with van der Waals surface area (Å²) in [5, 5.41) is 15.7. The van der Waals surface area contributed by atoms with Crippen molar-refractivity contribution in [2.75, 3.05) is 13.1 Å². The largest absolute Gasteiger partial charge is 0.409 e. The van der Waals surface area contributed by atoms with E-state index in [2.05, 4.69) is 29.0 Å². The number of amidine groups is 1.